The highest BCUT2D eigenvalue weighted by Gasteiger charge is 2.05. The maximum Gasteiger partial charge on any atom is 0.223 e. The van der Waals surface area contributed by atoms with E-state index in [2.05, 4.69) is 31.2 Å². The third-order valence-electron chi connectivity index (χ3n) is 1.90. The zero-order chi connectivity index (χ0) is 12.4. The molecule has 0 bridgehead atoms. The van der Waals surface area contributed by atoms with E-state index in [0.29, 0.717) is 16.5 Å². The minimum absolute atomic E-state index is 0.103. The number of nitrogens with two attached hydrogens (primary N) is 1. The Bertz CT molecular complexity index is 542. The predicted molar refractivity (Wildman–Crippen MR) is 73.9 cm³/mol. The summed E-state index contributed by atoms with van der Waals surface area (Å²) in [5.41, 5.74) is 6.20. The van der Waals surface area contributed by atoms with Crippen LogP contribution < -0.4 is 11.1 Å². The molecule has 0 saturated carbocycles. The number of anilines is 3. The number of nitrogens with zero attached hydrogens (tertiary/aromatic N) is 2. The maximum absolute atomic E-state index is 6.03. The van der Waals surface area contributed by atoms with Crippen LogP contribution in [0.3, 0.4) is 0 Å². The van der Waals surface area contributed by atoms with Crippen LogP contribution >= 0.6 is 39.1 Å². The molecule has 2 rings (SSSR count). The Morgan fingerprint density at radius 1 is 1.18 bits per heavy atom. The van der Waals surface area contributed by atoms with Crippen LogP contribution in [0.4, 0.5) is 17.5 Å². The summed E-state index contributed by atoms with van der Waals surface area (Å²) < 4.78 is 0.900. The molecule has 0 radical (unpaired) electrons. The molecule has 4 nitrogen and oxygen atoms in total. The van der Waals surface area contributed by atoms with Gasteiger partial charge in [0.2, 0.25) is 5.95 Å². The minimum atomic E-state index is 0.103. The molecule has 88 valence electrons. The van der Waals surface area contributed by atoms with Gasteiger partial charge >= 0.3 is 0 Å². The van der Waals surface area contributed by atoms with Gasteiger partial charge in [-0.2, -0.15) is 4.98 Å². The molecule has 0 atom stereocenters. The summed E-state index contributed by atoms with van der Waals surface area (Å²) in [7, 11) is 0. The second-order valence-corrected chi connectivity index (χ2v) is 4.89. The van der Waals surface area contributed by atoms with Gasteiger partial charge in [0.15, 0.2) is 0 Å². The second kappa shape index (κ2) is 5.08. The quantitative estimate of drug-likeness (QED) is 0.819. The van der Waals surface area contributed by atoms with Crippen molar-refractivity contribution in [2.24, 2.45) is 0 Å². The lowest BCUT2D eigenvalue weighted by Crippen LogP contribution is -2.00. The van der Waals surface area contributed by atoms with Crippen molar-refractivity contribution in [2.75, 3.05) is 11.1 Å². The summed E-state index contributed by atoms with van der Waals surface area (Å²) in [5, 5.41) is 3.86. The molecule has 0 spiro atoms. The highest BCUT2D eigenvalue weighted by Crippen LogP contribution is 2.28. The molecule has 3 N–H and O–H groups in total. The van der Waals surface area contributed by atoms with Gasteiger partial charge in [-0.3, -0.25) is 0 Å². The van der Waals surface area contributed by atoms with Crippen LogP contribution in [0.5, 0.6) is 0 Å². The lowest BCUT2D eigenvalue weighted by Gasteiger charge is -2.08. The van der Waals surface area contributed by atoms with Crippen LogP contribution in [0.1, 0.15) is 0 Å². The molecule has 1 aromatic heterocycles. The van der Waals surface area contributed by atoms with Gasteiger partial charge in [0.25, 0.3) is 0 Å². The van der Waals surface area contributed by atoms with Crippen LogP contribution in [-0.2, 0) is 0 Å². The average Bonchev–Trinajstić information content (AvgIpc) is 2.22. The Morgan fingerprint density at radius 3 is 2.65 bits per heavy atom. The van der Waals surface area contributed by atoms with Gasteiger partial charge in [-0.1, -0.05) is 39.1 Å². The van der Waals surface area contributed by atoms with Gasteiger partial charge in [-0.05, 0) is 18.2 Å². The van der Waals surface area contributed by atoms with Gasteiger partial charge < -0.3 is 11.1 Å². The van der Waals surface area contributed by atoms with E-state index in [-0.39, 0.29) is 11.1 Å². The summed E-state index contributed by atoms with van der Waals surface area (Å²) >= 11 is 15.2. The molecule has 0 aliphatic heterocycles. The second-order valence-electron chi connectivity index (χ2n) is 3.18. The van der Waals surface area contributed by atoms with Crippen molar-refractivity contribution in [3.63, 3.8) is 0 Å². The number of nitrogen functional groups attached to an aromatic ring is 1. The number of rotatable bonds is 2. The molecule has 0 amide bonds. The van der Waals surface area contributed by atoms with E-state index in [9.17, 15) is 0 Å². The zero-order valence-electron chi connectivity index (χ0n) is 8.42. The fourth-order valence-electron chi connectivity index (χ4n) is 1.23. The van der Waals surface area contributed by atoms with Crippen molar-refractivity contribution in [2.45, 2.75) is 0 Å². The van der Waals surface area contributed by atoms with Gasteiger partial charge in [-0.25, -0.2) is 4.98 Å². The number of nitrogens with one attached hydrogen (secondary N) is 1. The molecular weight excluding hydrogens is 327 g/mol. The molecule has 1 aromatic carbocycles. The molecule has 17 heavy (non-hydrogen) atoms. The number of hydrogen-bond acceptors (Lipinski definition) is 4. The Kier molecular flexibility index (Phi) is 3.71. The summed E-state index contributed by atoms with van der Waals surface area (Å²) in [4.78, 5) is 7.76. The van der Waals surface area contributed by atoms with Gasteiger partial charge in [0, 0.05) is 10.5 Å². The van der Waals surface area contributed by atoms with Crippen LogP contribution in [0, 0.1) is 0 Å². The first-order chi connectivity index (χ1) is 8.04. The molecular formula is C10H7BrCl2N4. The van der Waals surface area contributed by atoms with Crippen molar-refractivity contribution in [1.82, 2.24) is 9.97 Å². The lowest BCUT2D eigenvalue weighted by molar-refractivity contribution is 1.18. The fourth-order valence-corrected chi connectivity index (χ4v) is 1.95. The average molecular weight is 334 g/mol. The molecule has 0 aliphatic rings. The van der Waals surface area contributed by atoms with E-state index in [4.69, 9.17) is 28.9 Å². The first-order valence-electron chi connectivity index (χ1n) is 4.57. The molecule has 7 heteroatoms. The van der Waals surface area contributed by atoms with Gasteiger partial charge in [-0.15, -0.1) is 0 Å². The number of benzene rings is 1. The SMILES string of the molecule is Nc1nc(Cl)cc(Nc2cc(Br)ccc2Cl)n1. The fraction of sp³-hybridized carbons (Fsp3) is 0. The van der Waals surface area contributed by atoms with Crippen LogP contribution in [0.15, 0.2) is 28.7 Å². The van der Waals surface area contributed by atoms with Crippen molar-refractivity contribution in [3.8, 4) is 0 Å². The number of aromatic nitrogens is 2. The van der Waals surface area contributed by atoms with Crippen LogP contribution in [-0.4, -0.2) is 9.97 Å². The summed E-state index contributed by atoms with van der Waals surface area (Å²) in [5.74, 6) is 0.591. The molecule has 0 aliphatic carbocycles. The van der Waals surface area contributed by atoms with E-state index in [1.54, 1.807) is 12.1 Å². The third-order valence-corrected chi connectivity index (χ3v) is 2.92. The standard InChI is InChI=1S/C10H7BrCl2N4/c11-5-1-2-6(12)7(3-5)15-9-4-8(13)16-10(14)17-9/h1-4H,(H3,14,15,16,17). The number of hydrogen-bond donors (Lipinski definition) is 2. The van der Waals surface area contributed by atoms with E-state index in [1.807, 2.05) is 12.1 Å². The number of halogens is 3. The Labute approximate surface area is 116 Å². The Hall–Kier alpha value is -1.04. The van der Waals surface area contributed by atoms with Crippen molar-refractivity contribution < 1.29 is 0 Å². The van der Waals surface area contributed by atoms with Gasteiger partial charge in [0.1, 0.15) is 11.0 Å². The normalized spacial score (nSPS) is 10.3. The largest absolute Gasteiger partial charge is 0.368 e. The maximum atomic E-state index is 6.03. The van der Waals surface area contributed by atoms with E-state index >= 15 is 0 Å². The highest BCUT2D eigenvalue weighted by atomic mass is 79.9. The van der Waals surface area contributed by atoms with E-state index in [0.717, 1.165) is 4.47 Å². The smallest absolute Gasteiger partial charge is 0.223 e. The molecule has 0 saturated heterocycles. The predicted octanol–water partition coefficient (Wildman–Crippen LogP) is 3.87. The summed E-state index contributed by atoms with van der Waals surface area (Å²) in [6.45, 7) is 0. The molecule has 0 fully saturated rings. The van der Waals surface area contributed by atoms with Gasteiger partial charge in [0.05, 0.1) is 10.7 Å². The monoisotopic (exact) mass is 332 g/mol. The first-order valence-corrected chi connectivity index (χ1v) is 6.11. The molecule has 1 heterocycles. The molecule has 2 aromatic rings. The van der Waals surface area contributed by atoms with Crippen molar-refractivity contribution in [1.29, 1.82) is 0 Å². The zero-order valence-corrected chi connectivity index (χ0v) is 11.5. The summed E-state index contributed by atoms with van der Waals surface area (Å²) in [6.07, 6.45) is 0. The Morgan fingerprint density at radius 2 is 1.94 bits per heavy atom. The van der Waals surface area contributed by atoms with Crippen molar-refractivity contribution in [3.05, 3.63) is 38.9 Å². The molecule has 0 unspecified atom stereocenters. The van der Waals surface area contributed by atoms with Crippen LogP contribution in [0.2, 0.25) is 10.2 Å². The highest BCUT2D eigenvalue weighted by molar-refractivity contribution is 9.10. The Balaban J connectivity index is 2.34. The minimum Gasteiger partial charge on any atom is -0.368 e. The topological polar surface area (TPSA) is 63.8 Å². The van der Waals surface area contributed by atoms with E-state index in [1.165, 1.54) is 0 Å². The first kappa shape index (κ1) is 12.4. The van der Waals surface area contributed by atoms with E-state index < -0.39 is 0 Å². The lowest BCUT2D eigenvalue weighted by atomic mass is 10.3. The van der Waals surface area contributed by atoms with Crippen LogP contribution in [0.25, 0.3) is 0 Å². The summed E-state index contributed by atoms with van der Waals surface area (Å²) in [6, 6.07) is 7.00. The van der Waals surface area contributed by atoms with Crippen molar-refractivity contribution >= 4 is 56.6 Å². The third kappa shape index (κ3) is 3.21.